The molecular weight excluding hydrogens is 244 g/mol. The molecule has 1 rings (SSSR count). The Kier molecular flexibility index (Phi) is 5.36. The second-order valence-electron chi connectivity index (χ2n) is 4.82. The molecule has 5 heteroatoms. The molecule has 0 fully saturated rings. The standard InChI is InChI=1S/C14H20N2O3/c1-9(2)11-6-4-5-7-12(11)16-14(19)15-8-10(3)13(17)18/h4-7,9-10H,8H2,1-3H3,(H,17,18)(H2,15,16,19). The van der Waals surface area contributed by atoms with E-state index in [9.17, 15) is 9.59 Å². The van der Waals surface area contributed by atoms with Gasteiger partial charge in [0.25, 0.3) is 0 Å². The summed E-state index contributed by atoms with van der Waals surface area (Å²) in [6, 6.07) is 7.17. The van der Waals surface area contributed by atoms with E-state index in [4.69, 9.17) is 5.11 Å². The fourth-order valence-electron chi connectivity index (χ4n) is 1.61. The van der Waals surface area contributed by atoms with Gasteiger partial charge in [0.15, 0.2) is 0 Å². The van der Waals surface area contributed by atoms with E-state index in [-0.39, 0.29) is 12.6 Å². The normalized spacial score (nSPS) is 12.0. The number of anilines is 1. The molecule has 104 valence electrons. The summed E-state index contributed by atoms with van der Waals surface area (Å²) in [5.74, 6) is -1.23. The maximum Gasteiger partial charge on any atom is 0.319 e. The Bertz CT molecular complexity index is 458. The molecule has 0 aliphatic carbocycles. The molecule has 1 aromatic carbocycles. The molecule has 5 nitrogen and oxygen atoms in total. The largest absolute Gasteiger partial charge is 0.481 e. The molecule has 3 N–H and O–H groups in total. The molecule has 1 atom stereocenters. The number of urea groups is 1. The van der Waals surface area contributed by atoms with Crippen LogP contribution >= 0.6 is 0 Å². The van der Waals surface area contributed by atoms with Gasteiger partial charge in [-0.25, -0.2) is 4.79 Å². The van der Waals surface area contributed by atoms with Crippen LogP contribution in [-0.4, -0.2) is 23.7 Å². The van der Waals surface area contributed by atoms with E-state index in [2.05, 4.69) is 10.6 Å². The lowest BCUT2D eigenvalue weighted by molar-refractivity contribution is -0.140. The first kappa shape index (κ1) is 15.0. The monoisotopic (exact) mass is 264 g/mol. The van der Waals surface area contributed by atoms with Crippen molar-refractivity contribution in [3.05, 3.63) is 29.8 Å². The Morgan fingerprint density at radius 3 is 2.42 bits per heavy atom. The van der Waals surface area contributed by atoms with Crippen molar-refractivity contribution in [3.8, 4) is 0 Å². The number of para-hydroxylation sites is 1. The lowest BCUT2D eigenvalue weighted by Gasteiger charge is -2.14. The highest BCUT2D eigenvalue weighted by Crippen LogP contribution is 2.23. The van der Waals surface area contributed by atoms with Crippen LogP contribution in [0.15, 0.2) is 24.3 Å². The van der Waals surface area contributed by atoms with Crippen molar-refractivity contribution in [3.63, 3.8) is 0 Å². The van der Waals surface area contributed by atoms with Gasteiger partial charge in [0.2, 0.25) is 0 Å². The molecule has 0 bridgehead atoms. The van der Waals surface area contributed by atoms with Gasteiger partial charge in [-0.3, -0.25) is 4.79 Å². The zero-order chi connectivity index (χ0) is 14.4. The molecular formula is C14H20N2O3. The first-order valence-corrected chi connectivity index (χ1v) is 6.28. The number of rotatable bonds is 5. The molecule has 0 spiro atoms. The molecule has 0 radical (unpaired) electrons. The van der Waals surface area contributed by atoms with Gasteiger partial charge < -0.3 is 15.7 Å². The number of benzene rings is 1. The van der Waals surface area contributed by atoms with Crippen LogP contribution in [-0.2, 0) is 4.79 Å². The summed E-state index contributed by atoms with van der Waals surface area (Å²) in [5, 5.41) is 14.0. The van der Waals surface area contributed by atoms with Gasteiger partial charge in [-0.2, -0.15) is 0 Å². The SMILES string of the molecule is CC(CNC(=O)Nc1ccccc1C(C)C)C(=O)O. The van der Waals surface area contributed by atoms with Gasteiger partial charge in [-0.05, 0) is 17.5 Å². The molecule has 0 saturated carbocycles. The Hall–Kier alpha value is -2.04. The highest BCUT2D eigenvalue weighted by atomic mass is 16.4. The van der Waals surface area contributed by atoms with E-state index in [0.29, 0.717) is 5.92 Å². The number of carboxylic acid groups (broad SMARTS) is 1. The first-order valence-electron chi connectivity index (χ1n) is 6.28. The number of hydrogen-bond donors (Lipinski definition) is 3. The molecule has 1 unspecified atom stereocenters. The summed E-state index contributed by atoms with van der Waals surface area (Å²) in [4.78, 5) is 22.3. The minimum atomic E-state index is -0.928. The van der Waals surface area contributed by atoms with E-state index >= 15 is 0 Å². The van der Waals surface area contributed by atoms with Crippen molar-refractivity contribution in [1.82, 2.24) is 5.32 Å². The maximum atomic E-state index is 11.7. The molecule has 19 heavy (non-hydrogen) atoms. The average molecular weight is 264 g/mol. The first-order chi connectivity index (χ1) is 8.91. The van der Waals surface area contributed by atoms with Crippen molar-refractivity contribution in [2.45, 2.75) is 26.7 Å². The second kappa shape index (κ2) is 6.78. The lowest BCUT2D eigenvalue weighted by Crippen LogP contribution is -2.34. The summed E-state index contributed by atoms with van der Waals surface area (Å²) in [6.07, 6.45) is 0. The zero-order valence-electron chi connectivity index (χ0n) is 11.4. The Morgan fingerprint density at radius 2 is 1.84 bits per heavy atom. The van der Waals surface area contributed by atoms with E-state index in [1.807, 2.05) is 38.1 Å². The van der Waals surface area contributed by atoms with Crippen molar-refractivity contribution in [2.24, 2.45) is 5.92 Å². The van der Waals surface area contributed by atoms with Gasteiger partial charge in [0, 0.05) is 12.2 Å². The molecule has 0 aromatic heterocycles. The number of amides is 2. The van der Waals surface area contributed by atoms with E-state index in [1.54, 1.807) is 6.92 Å². The summed E-state index contributed by atoms with van der Waals surface area (Å²) in [5.41, 5.74) is 1.79. The summed E-state index contributed by atoms with van der Waals surface area (Å²) >= 11 is 0. The smallest absolute Gasteiger partial charge is 0.319 e. The number of carboxylic acids is 1. The Morgan fingerprint density at radius 1 is 1.21 bits per heavy atom. The van der Waals surface area contributed by atoms with Crippen LogP contribution < -0.4 is 10.6 Å². The minimum Gasteiger partial charge on any atom is -0.481 e. The Balaban J connectivity index is 2.60. The average Bonchev–Trinajstić information content (AvgIpc) is 2.36. The summed E-state index contributed by atoms with van der Waals surface area (Å²) < 4.78 is 0. The minimum absolute atomic E-state index is 0.102. The van der Waals surface area contributed by atoms with Crippen LogP contribution in [0.4, 0.5) is 10.5 Å². The maximum absolute atomic E-state index is 11.7. The number of carbonyl (C=O) groups excluding carboxylic acids is 1. The van der Waals surface area contributed by atoms with Crippen molar-refractivity contribution >= 4 is 17.7 Å². The van der Waals surface area contributed by atoms with Gasteiger partial charge in [-0.15, -0.1) is 0 Å². The number of nitrogens with one attached hydrogen (secondary N) is 2. The predicted molar refractivity (Wildman–Crippen MR) is 74.4 cm³/mol. The third-order valence-electron chi connectivity index (χ3n) is 2.82. The fraction of sp³-hybridized carbons (Fsp3) is 0.429. The van der Waals surface area contributed by atoms with Crippen LogP contribution in [0.3, 0.4) is 0 Å². The van der Waals surface area contributed by atoms with Crippen LogP contribution in [0.5, 0.6) is 0 Å². The topological polar surface area (TPSA) is 78.4 Å². The Labute approximate surface area is 113 Å². The summed E-state index contributed by atoms with van der Waals surface area (Å²) in [6.45, 7) is 5.74. The molecule has 0 saturated heterocycles. The molecule has 0 aliphatic heterocycles. The highest BCUT2D eigenvalue weighted by molar-refractivity contribution is 5.90. The van der Waals surface area contributed by atoms with E-state index in [0.717, 1.165) is 11.3 Å². The van der Waals surface area contributed by atoms with Gasteiger partial charge >= 0.3 is 12.0 Å². The van der Waals surface area contributed by atoms with Crippen LogP contribution in [0, 0.1) is 5.92 Å². The number of hydrogen-bond acceptors (Lipinski definition) is 2. The number of carbonyl (C=O) groups is 2. The molecule has 2 amide bonds. The van der Waals surface area contributed by atoms with Crippen molar-refractivity contribution < 1.29 is 14.7 Å². The second-order valence-corrected chi connectivity index (χ2v) is 4.82. The van der Waals surface area contributed by atoms with Crippen LogP contribution in [0.2, 0.25) is 0 Å². The highest BCUT2D eigenvalue weighted by Gasteiger charge is 2.13. The lowest BCUT2D eigenvalue weighted by atomic mass is 10.0. The quantitative estimate of drug-likeness (QED) is 0.765. The van der Waals surface area contributed by atoms with Crippen molar-refractivity contribution in [1.29, 1.82) is 0 Å². The van der Waals surface area contributed by atoms with Gasteiger partial charge in [-0.1, -0.05) is 39.0 Å². The molecule has 1 aromatic rings. The summed E-state index contributed by atoms with van der Waals surface area (Å²) in [7, 11) is 0. The van der Waals surface area contributed by atoms with Gasteiger partial charge in [0.05, 0.1) is 5.92 Å². The van der Waals surface area contributed by atoms with Crippen molar-refractivity contribution in [2.75, 3.05) is 11.9 Å². The van der Waals surface area contributed by atoms with Gasteiger partial charge in [0.1, 0.15) is 0 Å². The van der Waals surface area contributed by atoms with E-state index < -0.39 is 11.9 Å². The van der Waals surface area contributed by atoms with Crippen LogP contribution in [0.1, 0.15) is 32.3 Å². The third kappa shape index (κ3) is 4.62. The fourth-order valence-corrected chi connectivity index (χ4v) is 1.61. The zero-order valence-corrected chi connectivity index (χ0v) is 11.4. The predicted octanol–water partition coefficient (Wildman–Crippen LogP) is 2.65. The van der Waals surface area contributed by atoms with E-state index in [1.165, 1.54) is 0 Å². The molecule has 0 heterocycles. The van der Waals surface area contributed by atoms with Crippen LogP contribution in [0.25, 0.3) is 0 Å². The molecule has 0 aliphatic rings. The number of aliphatic carboxylic acids is 1. The third-order valence-corrected chi connectivity index (χ3v) is 2.82.